The number of hydrogen-bond donors (Lipinski definition) is 1. The lowest BCUT2D eigenvalue weighted by Gasteiger charge is -2.27. The zero-order valence-corrected chi connectivity index (χ0v) is 22.0. The highest BCUT2D eigenvalue weighted by atomic mass is 35.5. The van der Waals surface area contributed by atoms with Gasteiger partial charge in [-0.2, -0.15) is 4.31 Å². The summed E-state index contributed by atoms with van der Waals surface area (Å²) in [5.41, 5.74) is 2.30. The van der Waals surface area contributed by atoms with E-state index < -0.39 is 21.8 Å². The lowest BCUT2D eigenvalue weighted by atomic mass is 9.96. The third-order valence-electron chi connectivity index (χ3n) is 6.83. The van der Waals surface area contributed by atoms with Gasteiger partial charge in [-0.25, -0.2) is 12.8 Å². The molecule has 12 heteroatoms. The highest BCUT2D eigenvalue weighted by molar-refractivity contribution is 7.89. The van der Waals surface area contributed by atoms with E-state index in [0.717, 1.165) is 11.1 Å². The Hall–Kier alpha value is -2.86. The van der Waals surface area contributed by atoms with Crippen LogP contribution in [0.5, 0.6) is 17.2 Å². The van der Waals surface area contributed by atoms with Crippen molar-refractivity contribution in [2.45, 2.75) is 10.8 Å². The second kappa shape index (κ2) is 10.1. The average Bonchev–Trinajstić information content (AvgIpc) is 3.49. The molecule has 1 atom stereocenters. The van der Waals surface area contributed by atoms with Crippen molar-refractivity contribution in [3.63, 3.8) is 0 Å². The number of carbonyl (C=O) groups is 1. The fraction of sp³-hybridized carbons (Fsp3) is 0.400. The van der Waals surface area contributed by atoms with Crippen molar-refractivity contribution < 1.29 is 31.8 Å². The van der Waals surface area contributed by atoms with Crippen LogP contribution in [0.3, 0.4) is 0 Å². The molecule has 0 spiro atoms. The van der Waals surface area contributed by atoms with Crippen molar-refractivity contribution in [3.8, 4) is 17.2 Å². The molecule has 1 unspecified atom stereocenters. The van der Waals surface area contributed by atoms with Crippen LogP contribution in [0.2, 0.25) is 5.02 Å². The molecule has 0 aliphatic carbocycles. The zero-order valence-electron chi connectivity index (χ0n) is 20.4. The van der Waals surface area contributed by atoms with Gasteiger partial charge in [0.25, 0.3) is 0 Å². The molecule has 3 aliphatic heterocycles. The van der Waals surface area contributed by atoms with Crippen LogP contribution in [0.4, 0.5) is 4.39 Å². The minimum atomic E-state index is -3.76. The minimum Gasteiger partial charge on any atom is -0.495 e. The molecule has 0 saturated heterocycles. The largest absolute Gasteiger partial charge is 0.495 e. The number of methoxy groups -OCH3 is 1. The number of hydrogen-bond acceptors (Lipinski definition) is 7. The van der Waals surface area contributed by atoms with E-state index in [1.54, 1.807) is 18.0 Å². The molecule has 198 valence electrons. The van der Waals surface area contributed by atoms with E-state index >= 15 is 0 Å². The first kappa shape index (κ1) is 25.8. The van der Waals surface area contributed by atoms with Gasteiger partial charge in [0, 0.05) is 44.4 Å². The van der Waals surface area contributed by atoms with E-state index in [-0.39, 0.29) is 34.7 Å². The molecule has 1 N–H and O–H groups in total. The normalized spacial score (nSPS) is 18.2. The van der Waals surface area contributed by atoms with Gasteiger partial charge in [0.1, 0.15) is 29.8 Å². The van der Waals surface area contributed by atoms with Crippen LogP contribution in [-0.4, -0.2) is 83.6 Å². The first-order valence-corrected chi connectivity index (χ1v) is 13.6. The molecule has 2 aromatic carbocycles. The first-order valence-electron chi connectivity index (χ1n) is 11.8. The summed E-state index contributed by atoms with van der Waals surface area (Å²) in [5.74, 6) is -0.389. The lowest BCUT2D eigenvalue weighted by molar-refractivity contribution is -0.131. The third-order valence-corrected chi connectivity index (χ3v) is 8.97. The minimum absolute atomic E-state index is 0.131. The predicted molar refractivity (Wildman–Crippen MR) is 134 cm³/mol. The van der Waals surface area contributed by atoms with Crippen molar-refractivity contribution in [2.24, 2.45) is 0 Å². The molecule has 0 fully saturated rings. The molecule has 0 saturated carbocycles. The predicted octanol–water partition coefficient (Wildman–Crippen LogP) is 2.41. The van der Waals surface area contributed by atoms with E-state index in [4.69, 9.17) is 25.8 Å². The number of fused-ring (bicyclic) bond motifs is 1. The van der Waals surface area contributed by atoms with Crippen molar-refractivity contribution in [1.29, 1.82) is 0 Å². The first-order chi connectivity index (χ1) is 17.7. The van der Waals surface area contributed by atoms with Crippen LogP contribution in [0.15, 0.2) is 46.4 Å². The quantitative estimate of drug-likeness (QED) is 0.528. The molecule has 9 nitrogen and oxygen atoms in total. The van der Waals surface area contributed by atoms with Crippen LogP contribution < -0.4 is 19.5 Å². The SMILES string of the molecule is CNCC(C(=O)N1CC2=C(C1)CN(S(=O)(=O)c1ccc3c(c1)OCCO3)C2)c1ccc(F)c(Cl)c1OC. The molecule has 3 aliphatic rings. The van der Waals surface area contributed by atoms with Crippen LogP contribution in [0.25, 0.3) is 0 Å². The number of ether oxygens (including phenoxy) is 3. The van der Waals surface area contributed by atoms with Crippen molar-refractivity contribution >= 4 is 27.5 Å². The maximum absolute atomic E-state index is 14.0. The summed E-state index contributed by atoms with van der Waals surface area (Å²) in [6.45, 7) is 2.13. The average molecular weight is 552 g/mol. The van der Waals surface area contributed by atoms with Gasteiger partial charge in [-0.3, -0.25) is 4.79 Å². The monoisotopic (exact) mass is 551 g/mol. The zero-order chi connectivity index (χ0) is 26.3. The Kier molecular flexibility index (Phi) is 7.06. The number of halogens is 2. The van der Waals surface area contributed by atoms with E-state index in [2.05, 4.69) is 5.32 Å². The summed E-state index contributed by atoms with van der Waals surface area (Å²) < 4.78 is 58.4. The van der Waals surface area contributed by atoms with Gasteiger partial charge in [-0.1, -0.05) is 17.7 Å². The van der Waals surface area contributed by atoms with Crippen molar-refractivity contribution in [3.05, 3.63) is 57.9 Å². The number of carbonyl (C=O) groups excluding carboxylic acids is 1. The Bertz CT molecular complexity index is 1360. The van der Waals surface area contributed by atoms with Crippen molar-refractivity contribution in [2.75, 3.05) is 60.1 Å². The van der Waals surface area contributed by atoms with Gasteiger partial charge in [0.05, 0.1) is 17.9 Å². The second-order valence-electron chi connectivity index (χ2n) is 9.07. The van der Waals surface area contributed by atoms with Gasteiger partial charge in [0.2, 0.25) is 15.9 Å². The van der Waals surface area contributed by atoms with Gasteiger partial charge in [-0.05, 0) is 36.4 Å². The highest BCUT2D eigenvalue weighted by Crippen LogP contribution is 2.38. The number of likely N-dealkylation sites (N-methyl/N-ethyl adjacent to an activating group) is 1. The molecule has 0 bridgehead atoms. The summed E-state index contributed by atoms with van der Waals surface area (Å²) >= 11 is 6.10. The van der Waals surface area contributed by atoms with Gasteiger partial charge < -0.3 is 24.4 Å². The topological polar surface area (TPSA) is 97.4 Å². The number of nitrogens with zero attached hydrogens (tertiary/aromatic N) is 2. The Morgan fingerprint density at radius 3 is 2.43 bits per heavy atom. The fourth-order valence-electron chi connectivity index (χ4n) is 4.99. The lowest BCUT2D eigenvalue weighted by Crippen LogP contribution is -2.40. The highest BCUT2D eigenvalue weighted by Gasteiger charge is 2.40. The van der Waals surface area contributed by atoms with Crippen LogP contribution in [0.1, 0.15) is 11.5 Å². The molecule has 3 heterocycles. The standard InChI is InChI=1S/C25H27ClFN3O6S/c1-28-10-19(18-4-5-20(27)23(26)24(18)34-2)25(31)29-11-15-13-30(14-16(15)12-29)37(32,33)17-3-6-21-22(9-17)36-8-7-35-21/h3-6,9,19,28H,7-8,10-14H2,1-2H3. The van der Waals surface area contributed by atoms with Gasteiger partial charge in [-0.15, -0.1) is 0 Å². The molecular formula is C25H27ClFN3O6S. The maximum Gasteiger partial charge on any atom is 0.243 e. The summed E-state index contributed by atoms with van der Waals surface area (Å²) in [4.78, 5) is 15.4. The summed E-state index contributed by atoms with van der Waals surface area (Å²) in [7, 11) is -0.656. The summed E-state index contributed by atoms with van der Waals surface area (Å²) in [5, 5.41) is 2.84. The fourth-order valence-corrected chi connectivity index (χ4v) is 6.68. The summed E-state index contributed by atoms with van der Waals surface area (Å²) in [6.07, 6.45) is 0. The number of benzene rings is 2. The van der Waals surface area contributed by atoms with E-state index in [0.29, 0.717) is 49.9 Å². The summed E-state index contributed by atoms with van der Waals surface area (Å²) in [6, 6.07) is 7.35. The Morgan fingerprint density at radius 2 is 1.78 bits per heavy atom. The molecular weight excluding hydrogens is 525 g/mol. The van der Waals surface area contributed by atoms with Gasteiger partial charge >= 0.3 is 0 Å². The van der Waals surface area contributed by atoms with E-state index in [1.807, 2.05) is 0 Å². The molecule has 0 radical (unpaired) electrons. The molecule has 5 rings (SSSR count). The number of rotatable bonds is 7. The van der Waals surface area contributed by atoms with Crippen LogP contribution in [-0.2, 0) is 14.8 Å². The maximum atomic E-state index is 14.0. The second-order valence-corrected chi connectivity index (χ2v) is 11.4. The van der Waals surface area contributed by atoms with E-state index in [1.165, 1.54) is 35.7 Å². The number of nitrogens with one attached hydrogen (secondary N) is 1. The number of amides is 1. The number of sulfonamides is 1. The molecule has 0 aromatic heterocycles. The Balaban J connectivity index is 1.30. The van der Waals surface area contributed by atoms with E-state index in [9.17, 15) is 17.6 Å². The van der Waals surface area contributed by atoms with Gasteiger partial charge in [0.15, 0.2) is 11.5 Å². The molecule has 1 amide bonds. The molecule has 2 aromatic rings. The Labute approximate surface area is 219 Å². The Morgan fingerprint density at radius 1 is 1.11 bits per heavy atom. The molecule has 37 heavy (non-hydrogen) atoms. The third kappa shape index (κ3) is 4.65. The van der Waals surface area contributed by atoms with Crippen molar-refractivity contribution in [1.82, 2.24) is 14.5 Å². The smallest absolute Gasteiger partial charge is 0.243 e. The van der Waals surface area contributed by atoms with Crippen LogP contribution in [0, 0.1) is 5.82 Å². The van der Waals surface area contributed by atoms with Crippen LogP contribution >= 0.6 is 11.6 Å².